The number of hydrogen-bond donors (Lipinski definition) is 0. The molecule has 1 aliphatic heterocycles. The SMILES string of the molecule is Cc1ccc(N2CC(C)OC(CCl)C2)nn1. The van der Waals surface area contributed by atoms with Gasteiger partial charge in [-0.1, -0.05) is 0 Å². The summed E-state index contributed by atoms with van der Waals surface area (Å²) in [7, 11) is 0. The van der Waals surface area contributed by atoms with Gasteiger partial charge in [0, 0.05) is 13.1 Å². The largest absolute Gasteiger partial charge is 0.370 e. The van der Waals surface area contributed by atoms with E-state index in [0.29, 0.717) is 5.88 Å². The zero-order chi connectivity index (χ0) is 11.5. The third kappa shape index (κ3) is 2.62. The number of anilines is 1. The highest BCUT2D eigenvalue weighted by molar-refractivity contribution is 6.18. The van der Waals surface area contributed by atoms with Crippen molar-refractivity contribution in [2.75, 3.05) is 23.9 Å². The van der Waals surface area contributed by atoms with E-state index in [4.69, 9.17) is 16.3 Å². The molecule has 0 N–H and O–H groups in total. The molecule has 0 spiro atoms. The smallest absolute Gasteiger partial charge is 0.151 e. The van der Waals surface area contributed by atoms with Crippen molar-refractivity contribution in [1.29, 1.82) is 0 Å². The molecule has 1 aromatic rings. The van der Waals surface area contributed by atoms with Gasteiger partial charge < -0.3 is 9.64 Å². The third-order valence-electron chi connectivity index (χ3n) is 2.61. The molecule has 16 heavy (non-hydrogen) atoms. The highest BCUT2D eigenvalue weighted by Gasteiger charge is 2.25. The van der Waals surface area contributed by atoms with Crippen LogP contribution in [0.2, 0.25) is 0 Å². The van der Waals surface area contributed by atoms with E-state index in [-0.39, 0.29) is 12.2 Å². The maximum Gasteiger partial charge on any atom is 0.151 e. The molecule has 1 aromatic heterocycles. The fourth-order valence-electron chi connectivity index (χ4n) is 1.88. The Morgan fingerprint density at radius 3 is 2.88 bits per heavy atom. The second-order valence-corrected chi connectivity index (χ2v) is 4.47. The molecular formula is C11H16ClN3O. The Hall–Kier alpha value is -0.870. The molecule has 1 fully saturated rings. The van der Waals surface area contributed by atoms with Crippen LogP contribution in [0, 0.1) is 6.92 Å². The van der Waals surface area contributed by atoms with E-state index in [0.717, 1.165) is 24.6 Å². The molecule has 0 bridgehead atoms. The van der Waals surface area contributed by atoms with Crippen molar-refractivity contribution in [2.45, 2.75) is 26.1 Å². The second-order valence-electron chi connectivity index (χ2n) is 4.16. The summed E-state index contributed by atoms with van der Waals surface area (Å²) < 4.78 is 5.69. The minimum atomic E-state index is 0.0773. The maximum atomic E-state index is 5.84. The monoisotopic (exact) mass is 241 g/mol. The van der Waals surface area contributed by atoms with Crippen molar-refractivity contribution in [3.05, 3.63) is 17.8 Å². The molecule has 0 aliphatic carbocycles. The Labute approximate surface area is 101 Å². The molecule has 0 saturated carbocycles. The first kappa shape index (κ1) is 11.6. The van der Waals surface area contributed by atoms with E-state index in [1.165, 1.54) is 0 Å². The van der Waals surface area contributed by atoms with Crippen molar-refractivity contribution in [1.82, 2.24) is 10.2 Å². The minimum absolute atomic E-state index is 0.0773. The van der Waals surface area contributed by atoms with E-state index in [9.17, 15) is 0 Å². The van der Waals surface area contributed by atoms with E-state index in [1.807, 2.05) is 26.0 Å². The predicted molar refractivity (Wildman–Crippen MR) is 64.0 cm³/mol. The Morgan fingerprint density at radius 2 is 2.25 bits per heavy atom. The lowest BCUT2D eigenvalue weighted by atomic mass is 10.2. The van der Waals surface area contributed by atoms with Crippen LogP contribution in [0.15, 0.2) is 12.1 Å². The van der Waals surface area contributed by atoms with Crippen molar-refractivity contribution in [3.63, 3.8) is 0 Å². The van der Waals surface area contributed by atoms with Crippen molar-refractivity contribution >= 4 is 17.4 Å². The van der Waals surface area contributed by atoms with Crippen LogP contribution in [-0.2, 0) is 4.74 Å². The number of aromatic nitrogens is 2. The lowest BCUT2D eigenvalue weighted by molar-refractivity contribution is -0.00361. The first-order valence-corrected chi connectivity index (χ1v) is 5.99. The molecular weight excluding hydrogens is 226 g/mol. The number of alkyl halides is 1. The number of ether oxygens (including phenoxy) is 1. The van der Waals surface area contributed by atoms with Crippen LogP contribution in [0.25, 0.3) is 0 Å². The molecule has 4 nitrogen and oxygen atoms in total. The van der Waals surface area contributed by atoms with Crippen molar-refractivity contribution in [2.24, 2.45) is 0 Å². The molecule has 0 amide bonds. The average Bonchev–Trinajstić information content (AvgIpc) is 2.29. The van der Waals surface area contributed by atoms with Crippen molar-refractivity contribution < 1.29 is 4.74 Å². The summed E-state index contributed by atoms with van der Waals surface area (Å²) in [4.78, 5) is 2.17. The van der Waals surface area contributed by atoms with Crippen molar-refractivity contribution in [3.8, 4) is 0 Å². The molecule has 88 valence electrons. The highest BCUT2D eigenvalue weighted by atomic mass is 35.5. The fourth-order valence-corrected chi connectivity index (χ4v) is 2.05. The predicted octanol–water partition coefficient (Wildman–Crippen LogP) is 1.62. The maximum absolute atomic E-state index is 5.84. The molecule has 1 aliphatic rings. The van der Waals surface area contributed by atoms with E-state index >= 15 is 0 Å². The Balaban J connectivity index is 2.11. The number of morpholine rings is 1. The highest BCUT2D eigenvalue weighted by Crippen LogP contribution is 2.18. The minimum Gasteiger partial charge on any atom is -0.370 e. The summed E-state index contributed by atoms with van der Waals surface area (Å²) in [5.74, 6) is 1.41. The molecule has 2 heterocycles. The van der Waals surface area contributed by atoms with Crippen LogP contribution in [0.4, 0.5) is 5.82 Å². The number of halogens is 1. The quantitative estimate of drug-likeness (QED) is 0.738. The number of rotatable bonds is 2. The summed E-state index contributed by atoms with van der Waals surface area (Å²) in [6.45, 7) is 5.60. The fraction of sp³-hybridized carbons (Fsp3) is 0.636. The first-order chi connectivity index (χ1) is 7.69. The van der Waals surface area contributed by atoms with Crippen LogP contribution >= 0.6 is 11.6 Å². The third-order valence-corrected chi connectivity index (χ3v) is 2.95. The average molecular weight is 242 g/mol. The van der Waals surface area contributed by atoms with E-state index < -0.39 is 0 Å². The van der Waals surface area contributed by atoms with E-state index in [2.05, 4.69) is 15.1 Å². The van der Waals surface area contributed by atoms with Gasteiger partial charge >= 0.3 is 0 Å². The molecule has 5 heteroatoms. The number of hydrogen-bond acceptors (Lipinski definition) is 4. The van der Waals surface area contributed by atoms with E-state index in [1.54, 1.807) is 0 Å². The van der Waals surface area contributed by atoms with Gasteiger partial charge in [0.1, 0.15) is 0 Å². The van der Waals surface area contributed by atoms with Gasteiger partial charge in [0.2, 0.25) is 0 Å². The lowest BCUT2D eigenvalue weighted by Gasteiger charge is -2.36. The molecule has 0 radical (unpaired) electrons. The van der Waals surface area contributed by atoms with Gasteiger partial charge in [-0.25, -0.2) is 0 Å². The normalized spacial score (nSPS) is 25.8. The summed E-state index contributed by atoms with van der Waals surface area (Å²) in [5.41, 5.74) is 0.930. The molecule has 2 rings (SSSR count). The summed E-state index contributed by atoms with van der Waals surface area (Å²) >= 11 is 5.84. The van der Waals surface area contributed by atoms with Gasteiger partial charge in [0.15, 0.2) is 5.82 Å². The Morgan fingerprint density at radius 1 is 1.44 bits per heavy atom. The molecule has 2 unspecified atom stereocenters. The zero-order valence-electron chi connectivity index (χ0n) is 9.56. The molecule has 2 atom stereocenters. The molecule has 0 aromatic carbocycles. The Kier molecular flexibility index (Phi) is 3.61. The lowest BCUT2D eigenvalue weighted by Crippen LogP contribution is -2.47. The second kappa shape index (κ2) is 4.97. The topological polar surface area (TPSA) is 38.2 Å². The summed E-state index contributed by atoms with van der Waals surface area (Å²) in [6.07, 6.45) is 0.258. The van der Waals surface area contributed by atoms with Gasteiger partial charge in [0.25, 0.3) is 0 Å². The zero-order valence-corrected chi connectivity index (χ0v) is 10.3. The van der Waals surface area contributed by atoms with Gasteiger partial charge in [0.05, 0.1) is 23.8 Å². The molecule has 1 saturated heterocycles. The standard InChI is InChI=1S/C11H16ClN3O/c1-8-3-4-11(14-13-8)15-6-9(2)16-10(5-12)7-15/h3-4,9-10H,5-7H2,1-2H3. The van der Waals surface area contributed by atoms with Crippen LogP contribution < -0.4 is 4.90 Å². The van der Waals surface area contributed by atoms with Gasteiger partial charge in [-0.3, -0.25) is 0 Å². The van der Waals surface area contributed by atoms with Crippen LogP contribution in [0.1, 0.15) is 12.6 Å². The Bertz CT molecular complexity index is 344. The van der Waals surface area contributed by atoms with Gasteiger partial charge in [-0.05, 0) is 26.0 Å². The van der Waals surface area contributed by atoms with Crippen LogP contribution in [0.3, 0.4) is 0 Å². The number of aryl methyl sites for hydroxylation is 1. The van der Waals surface area contributed by atoms with Crippen LogP contribution in [-0.4, -0.2) is 41.4 Å². The summed E-state index contributed by atoms with van der Waals surface area (Å²) in [6, 6.07) is 3.96. The first-order valence-electron chi connectivity index (χ1n) is 5.45. The summed E-state index contributed by atoms with van der Waals surface area (Å²) in [5, 5.41) is 8.25. The van der Waals surface area contributed by atoms with Gasteiger partial charge in [-0.2, -0.15) is 5.10 Å². The number of nitrogens with zero attached hydrogens (tertiary/aromatic N) is 3. The van der Waals surface area contributed by atoms with Crippen LogP contribution in [0.5, 0.6) is 0 Å². The van der Waals surface area contributed by atoms with Gasteiger partial charge in [-0.15, -0.1) is 16.7 Å².